The second-order valence-electron chi connectivity index (χ2n) is 4.81. The van der Waals surface area contributed by atoms with Gasteiger partial charge in [0.2, 0.25) is 0 Å². The highest BCUT2D eigenvalue weighted by Crippen LogP contribution is 2.27. The average molecular weight is 256 g/mol. The number of carboxylic acids is 1. The topological polar surface area (TPSA) is 46.5 Å². The third-order valence-corrected chi connectivity index (χ3v) is 2.94. The van der Waals surface area contributed by atoms with Crippen LogP contribution < -0.4 is 4.74 Å². The standard InChI is InChI=1S/C16H16O3/c1-16(2,19-14-6-4-3-5-7-14)13-10-8-12(9-11-13)15(17)18/h3-11H,1-2H3,(H,17,18). The van der Waals surface area contributed by atoms with Crippen LogP contribution >= 0.6 is 0 Å². The van der Waals surface area contributed by atoms with Crippen molar-refractivity contribution in [3.8, 4) is 5.75 Å². The molecule has 0 amide bonds. The molecule has 2 aromatic carbocycles. The first-order chi connectivity index (χ1) is 8.99. The molecule has 2 aromatic rings. The highest BCUT2D eigenvalue weighted by atomic mass is 16.5. The Morgan fingerprint density at radius 3 is 2.11 bits per heavy atom. The summed E-state index contributed by atoms with van der Waals surface area (Å²) in [5, 5.41) is 8.88. The van der Waals surface area contributed by atoms with Crippen molar-refractivity contribution < 1.29 is 14.6 Å². The zero-order valence-corrected chi connectivity index (χ0v) is 11.0. The van der Waals surface area contributed by atoms with Crippen molar-refractivity contribution in [3.05, 3.63) is 65.7 Å². The molecule has 0 bridgehead atoms. The fraction of sp³-hybridized carbons (Fsp3) is 0.188. The zero-order valence-electron chi connectivity index (χ0n) is 11.0. The van der Waals surface area contributed by atoms with E-state index in [1.807, 2.05) is 44.2 Å². The molecule has 3 nitrogen and oxygen atoms in total. The number of hydrogen-bond donors (Lipinski definition) is 1. The maximum atomic E-state index is 10.8. The van der Waals surface area contributed by atoms with Crippen molar-refractivity contribution in [2.24, 2.45) is 0 Å². The van der Waals surface area contributed by atoms with Gasteiger partial charge in [0.1, 0.15) is 11.4 Å². The molecule has 0 saturated carbocycles. The summed E-state index contributed by atoms with van der Waals surface area (Å²) < 4.78 is 5.94. The average Bonchev–Trinajstić information content (AvgIpc) is 2.39. The molecule has 98 valence electrons. The van der Waals surface area contributed by atoms with Crippen molar-refractivity contribution in [3.63, 3.8) is 0 Å². The van der Waals surface area contributed by atoms with Gasteiger partial charge in [-0.25, -0.2) is 4.79 Å². The lowest BCUT2D eigenvalue weighted by Gasteiger charge is -2.27. The molecule has 3 heteroatoms. The van der Waals surface area contributed by atoms with E-state index in [0.29, 0.717) is 0 Å². The van der Waals surface area contributed by atoms with Gasteiger partial charge in [-0.2, -0.15) is 0 Å². The van der Waals surface area contributed by atoms with Gasteiger partial charge in [-0.1, -0.05) is 30.3 Å². The number of benzene rings is 2. The second kappa shape index (κ2) is 5.14. The van der Waals surface area contributed by atoms with Gasteiger partial charge < -0.3 is 9.84 Å². The summed E-state index contributed by atoms with van der Waals surface area (Å²) in [6.07, 6.45) is 0. The first-order valence-electron chi connectivity index (χ1n) is 6.07. The summed E-state index contributed by atoms with van der Waals surface area (Å²) in [4.78, 5) is 10.8. The lowest BCUT2D eigenvalue weighted by atomic mass is 9.97. The van der Waals surface area contributed by atoms with Crippen molar-refractivity contribution in [1.29, 1.82) is 0 Å². The van der Waals surface area contributed by atoms with Gasteiger partial charge in [0.25, 0.3) is 0 Å². The zero-order chi connectivity index (χ0) is 13.9. The summed E-state index contributed by atoms with van der Waals surface area (Å²) >= 11 is 0. The van der Waals surface area contributed by atoms with Gasteiger partial charge in [-0.15, -0.1) is 0 Å². The molecule has 0 aliphatic rings. The van der Waals surface area contributed by atoms with Crippen LogP contribution in [0.25, 0.3) is 0 Å². The first kappa shape index (κ1) is 13.1. The molecule has 1 N–H and O–H groups in total. The van der Waals surface area contributed by atoms with Crippen molar-refractivity contribution in [2.45, 2.75) is 19.4 Å². The van der Waals surface area contributed by atoms with E-state index in [1.54, 1.807) is 24.3 Å². The molecule has 0 aromatic heterocycles. The lowest BCUT2D eigenvalue weighted by Crippen LogP contribution is -2.25. The Balaban J connectivity index is 2.21. The molecule has 0 aliphatic heterocycles. The van der Waals surface area contributed by atoms with Gasteiger partial charge >= 0.3 is 5.97 Å². The summed E-state index contributed by atoms with van der Waals surface area (Å²) in [5.74, 6) is -0.136. The SMILES string of the molecule is CC(C)(Oc1ccccc1)c1ccc(C(=O)O)cc1. The molecule has 0 fully saturated rings. The molecule has 0 atom stereocenters. The maximum Gasteiger partial charge on any atom is 0.335 e. The molecular formula is C16H16O3. The van der Waals surface area contributed by atoms with Crippen LogP contribution in [0.2, 0.25) is 0 Å². The highest BCUT2D eigenvalue weighted by Gasteiger charge is 2.22. The van der Waals surface area contributed by atoms with Gasteiger partial charge in [-0.05, 0) is 43.7 Å². The summed E-state index contributed by atoms with van der Waals surface area (Å²) in [7, 11) is 0. The predicted molar refractivity (Wildman–Crippen MR) is 73.5 cm³/mol. The third kappa shape index (κ3) is 3.13. The molecule has 0 unspecified atom stereocenters. The third-order valence-electron chi connectivity index (χ3n) is 2.94. The fourth-order valence-corrected chi connectivity index (χ4v) is 1.86. The Morgan fingerprint density at radius 2 is 1.58 bits per heavy atom. The number of carbonyl (C=O) groups is 1. The van der Waals surface area contributed by atoms with Crippen molar-refractivity contribution in [2.75, 3.05) is 0 Å². The Hall–Kier alpha value is -2.29. The molecule has 0 saturated heterocycles. The Bertz CT molecular complexity index is 556. The van der Waals surface area contributed by atoms with Crippen LogP contribution in [0, 0.1) is 0 Å². The van der Waals surface area contributed by atoms with Crippen LogP contribution in [0.15, 0.2) is 54.6 Å². The van der Waals surface area contributed by atoms with E-state index in [9.17, 15) is 4.79 Å². The number of ether oxygens (including phenoxy) is 1. The Kier molecular flexibility index (Phi) is 3.56. The minimum atomic E-state index is -0.923. The van der Waals surface area contributed by atoms with Crippen LogP contribution in [0.4, 0.5) is 0 Å². The predicted octanol–water partition coefficient (Wildman–Crippen LogP) is 3.70. The monoisotopic (exact) mass is 256 g/mol. The number of para-hydroxylation sites is 1. The van der Waals surface area contributed by atoms with Crippen molar-refractivity contribution in [1.82, 2.24) is 0 Å². The molecule has 19 heavy (non-hydrogen) atoms. The summed E-state index contributed by atoms with van der Waals surface area (Å²) in [6.45, 7) is 3.91. The fourth-order valence-electron chi connectivity index (χ4n) is 1.86. The molecule has 0 radical (unpaired) electrons. The summed E-state index contributed by atoms with van der Waals surface area (Å²) in [5.41, 5.74) is 0.693. The van der Waals surface area contributed by atoms with Crippen LogP contribution in [0.5, 0.6) is 5.75 Å². The highest BCUT2D eigenvalue weighted by molar-refractivity contribution is 5.87. The number of rotatable bonds is 4. The van der Waals surface area contributed by atoms with Gasteiger partial charge in [-0.3, -0.25) is 0 Å². The Labute approximate surface area is 112 Å². The van der Waals surface area contributed by atoms with Crippen LogP contribution in [-0.4, -0.2) is 11.1 Å². The van der Waals surface area contributed by atoms with Crippen molar-refractivity contribution >= 4 is 5.97 Å². The lowest BCUT2D eigenvalue weighted by molar-refractivity contribution is 0.0696. The van der Waals surface area contributed by atoms with E-state index in [2.05, 4.69) is 0 Å². The minimum absolute atomic E-state index is 0.277. The van der Waals surface area contributed by atoms with Crippen LogP contribution in [-0.2, 0) is 5.60 Å². The second-order valence-corrected chi connectivity index (χ2v) is 4.81. The molecule has 0 aliphatic carbocycles. The number of aromatic carboxylic acids is 1. The molecule has 2 rings (SSSR count). The summed E-state index contributed by atoms with van der Waals surface area (Å²) in [6, 6.07) is 16.3. The van der Waals surface area contributed by atoms with E-state index in [-0.39, 0.29) is 5.56 Å². The van der Waals surface area contributed by atoms with E-state index < -0.39 is 11.6 Å². The smallest absolute Gasteiger partial charge is 0.335 e. The Morgan fingerprint density at radius 1 is 1.00 bits per heavy atom. The quantitative estimate of drug-likeness (QED) is 0.907. The van der Waals surface area contributed by atoms with E-state index in [1.165, 1.54) is 0 Å². The largest absolute Gasteiger partial charge is 0.483 e. The number of hydrogen-bond acceptors (Lipinski definition) is 2. The molecule has 0 spiro atoms. The van der Waals surface area contributed by atoms with E-state index >= 15 is 0 Å². The maximum absolute atomic E-state index is 10.8. The molecular weight excluding hydrogens is 240 g/mol. The first-order valence-corrected chi connectivity index (χ1v) is 6.07. The van der Waals surface area contributed by atoms with Gasteiger partial charge in [0.15, 0.2) is 0 Å². The van der Waals surface area contributed by atoms with Crippen LogP contribution in [0.3, 0.4) is 0 Å². The van der Waals surface area contributed by atoms with Crippen LogP contribution in [0.1, 0.15) is 29.8 Å². The number of carboxylic acid groups (broad SMARTS) is 1. The van der Waals surface area contributed by atoms with Gasteiger partial charge in [0.05, 0.1) is 5.56 Å². The normalized spacial score (nSPS) is 11.1. The van der Waals surface area contributed by atoms with Gasteiger partial charge in [0, 0.05) is 0 Å². The van der Waals surface area contributed by atoms with E-state index in [4.69, 9.17) is 9.84 Å². The van der Waals surface area contributed by atoms with E-state index in [0.717, 1.165) is 11.3 Å². The molecule has 0 heterocycles. The minimum Gasteiger partial charge on any atom is -0.483 e.